The Morgan fingerprint density at radius 2 is 1.82 bits per heavy atom. The highest BCUT2D eigenvalue weighted by Gasteiger charge is 2.43. The molecule has 0 aromatic heterocycles. The third-order valence-corrected chi connectivity index (χ3v) is 2.86. The van der Waals surface area contributed by atoms with Crippen LogP contribution in [0.4, 0.5) is 0 Å². The lowest BCUT2D eigenvalue weighted by Gasteiger charge is -2.34. The lowest BCUT2D eigenvalue weighted by Crippen LogP contribution is -2.50. The van der Waals surface area contributed by atoms with Gasteiger partial charge in [0.15, 0.2) is 0 Å². The molecule has 66 valence electrons. The predicted molar refractivity (Wildman–Crippen MR) is 46.2 cm³/mol. The van der Waals surface area contributed by atoms with E-state index in [4.69, 9.17) is 4.74 Å². The van der Waals surface area contributed by atoms with Crippen molar-refractivity contribution in [2.45, 2.75) is 33.4 Å². The van der Waals surface area contributed by atoms with Gasteiger partial charge in [-0.1, -0.05) is 6.92 Å². The molecule has 1 saturated heterocycles. The Hall–Kier alpha value is -0.0800. The second-order valence-corrected chi connectivity index (χ2v) is 3.36. The summed E-state index contributed by atoms with van der Waals surface area (Å²) in [6, 6.07) is 0. The topological polar surface area (TPSA) is 12.5 Å². The Balaban J connectivity index is 2.50. The maximum atomic E-state index is 5.38. The summed E-state index contributed by atoms with van der Waals surface area (Å²) in [7, 11) is 0. The van der Waals surface area contributed by atoms with Gasteiger partial charge >= 0.3 is 0 Å². The van der Waals surface area contributed by atoms with E-state index in [0.717, 1.165) is 6.61 Å². The molecule has 1 aliphatic heterocycles. The fourth-order valence-electron chi connectivity index (χ4n) is 1.90. The van der Waals surface area contributed by atoms with Gasteiger partial charge in [-0.05, 0) is 20.3 Å². The number of rotatable bonds is 5. The summed E-state index contributed by atoms with van der Waals surface area (Å²) in [6.45, 7) is 11.5. The van der Waals surface area contributed by atoms with E-state index >= 15 is 0 Å². The van der Waals surface area contributed by atoms with Gasteiger partial charge in [0.1, 0.15) is 6.61 Å². The van der Waals surface area contributed by atoms with Crippen molar-refractivity contribution in [3.8, 4) is 0 Å². The molecule has 0 radical (unpaired) electrons. The fourth-order valence-corrected chi connectivity index (χ4v) is 1.90. The zero-order valence-electron chi connectivity index (χ0n) is 7.97. The fraction of sp³-hybridized carbons (Fsp3) is 1.00. The van der Waals surface area contributed by atoms with Crippen LogP contribution < -0.4 is 0 Å². The lowest BCUT2D eigenvalue weighted by atomic mass is 10.3. The van der Waals surface area contributed by atoms with Crippen LogP contribution in [-0.2, 0) is 4.74 Å². The quantitative estimate of drug-likeness (QED) is 0.437. The largest absolute Gasteiger partial charge is 0.318 e. The standard InChI is InChI=1S/C9H20NO/c1-4-7-10(5-2,6-3)9-8-11-9/h9H,4-8H2,1-3H3/q+1. The summed E-state index contributed by atoms with van der Waals surface area (Å²) in [5.74, 6) is 0. The van der Waals surface area contributed by atoms with Crippen molar-refractivity contribution in [2.24, 2.45) is 0 Å². The van der Waals surface area contributed by atoms with E-state index in [9.17, 15) is 0 Å². The van der Waals surface area contributed by atoms with Crippen LogP contribution in [0.15, 0.2) is 0 Å². The van der Waals surface area contributed by atoms with Crippen molar-refractivity contribution in [3.63, 3.8) is 0 Å². The first-order valence-electron chi connectivity index (χ1n) is 4.76. The van der Waals surface area contributed by atoms with E-state index in [-0.39, 0.29) is 0 Å². The van der Waals surface area contributed by atoms with Gasteiger partial charge in [0.25, 0.3) is 0 Å². The van der Waals surface area contributed by atoms with Crippen LogP contribution in [-0.4, -0.2) is 37.0 Å². The van der Waals surface area contributed by atoms with Gasteiger partial charge in [-0.25, -0.2) is 0 Å². The van der Waals surface area contributed by atoms with Gasteiger partial charge in [0, 0.05) is 0 Å². The van der Waals surface area contributed by atoms with Gasteiger partial charge in [0.05, 0.1) is 19.6 Å². The summed E-state index contributed by atoms with van der Waals surface area (Å²) in [4.78, 5) is 0. The molecule has 1 unspecified atom stereocenters. The smallest absolute Gasteiger partial charge is 0.217 e. The minimum absolute atomic E-state index is 0.532. The molecule has 0 aromatic carbocycles. The Bertz CT molecular complexity index is 117. The van der Waals surface area contributed by atoms with E-state index in [1.165, 1.54) is 30.5 Å². The SMILES string of the molecule is CCC[N+](CC)(CC)C1CO1. The molecule has 2 heteroatoms. The van der Waals surface area contributed by atoms with Crippen LogP contribution in [0, 0.1) is 0 Å². The molecular weight excluding hydrogens is 138 g/mol. The zero-order chi connectivity index (χ0) is 8.32. The van der Waals surface area contributed by atoms with Gasteiger partial charge < -0.3 is 4.74 Å². The second-order valence-electron chi connectivity index (χ2n) is 3.36. The first-order chi connectivity index (χ1) is 5.29. The Kier molecular flexibility index (Phi) is 2.90. The summed E-state index contributed by atoms with van der Waals surface area (Å²) < 4.78 is 6.56. The van der Waals surface area contributed by atoms with Gasteiger partial charge in [-0.15, -0.1) is 0 Å². The molecule has 0 spiro atoms. The van der Waals surface area contributed by atoms with Crippen LogP contribution >= 0.6 is 0 Å². The molecule has 1 fully saturated rings. The molecule has 0 aliphatic carbocycles. The summed E-state index contributed by atoms with van der Waals surface area (Å²) in [6.07, 6.45) is 1.80. The molecule has 1 aliphatic rings. The number of quaternary nitrogens is 1. The summed E-state index contributed by atoms with van der Waals surface area (Å²) in [5, 5.41) is 0. The highest BCUT2D eigenvalue weighted by Crippen LogP contribution is 2.24. The van der Waals surface area contributed by atoms with E-state index < -0.39 is 0 Å². The molecule has 1 atom stereocenters. The van der Waals surface area contributed by atoms with Crippen molar-refractivity contribution < 1.29 is 9.22 Å². The molecule has 0 aromatic rings. The molecule has 0 bridgehead atoms. The minimum atomic E-state index is 0.532. The van der Waals surface area contributed by atoms with Crippen LogP contribution in [0.25, 0.3) is 0 Å². The van der Waals surface area contributed by atoms with Crippen molar-refractivity contribution in [2.75, 3.05) is 26.2 Å². The minimum Gasteiger partial charge on any atom is -0.318 e. The van der Waals surface area contributed by atoms with E-state index in [2.05, 4.69) is 20.8 Å². The molecule has 2 nitrogen and oxygen atoms in total. The Morgan fingerprint density at radius 1 is 1.27 bits per heavy atom. The van der Waals surface area contributed by atoms with Crippen LogP contribution in [0.5, 0.6) is 0 Å². The molecule has 1 heterocycles. The first kappa shape index (κ1) is 9.01. The summed E-state index contributed by atoms with van der Waals surface area (Å²) in [5.41, 5.74) is 0. The van der Waals surface area contributed by atoms with Crippen LogP contribution in [0.1, 0.15) is 27.2 Å². The third-order valence-electron chi connectivity index (χ3n) is 2.86. The highest BCUT2D eigenvalue weighted by molar-refractivity contribution is 4.59. The lowest BCUT2D eigenvalue weighted by molar-refractivity contribution is -0.944. The van der Waals surface area contributed by atoms with Gasteiger partial charge in [-0.3, -0.25) is 4.48 Å². The number of likely N-dealkylation sites (N-methyl/N-ethyl adjacent to an activating group) is 1. The predicted octanol–water partition coefficient (Wildman–Crippen LogP) is 1.61. The van der Waals surface area contributed by atoms with E-state index in [1.54, 1.807) is 0 Å². The molecule has 1 rings (SSSR count). The highest BCUT2D eigenvalue weighted by atomic mass is 16.6. The van der Waals surface area contributed by atoms with Crippen molar-refractivity contribution in [1.82, 2.24) is 0 Å². The number of ether oxygens (including phenoxy) is 1. The molecule has 0 saturated carbocycles. The van der Waals surface area contributed by atoms with Crippen molar-refractivity contribution in [3.05, 3.63) is 0 Å². The zero-order valence-corrected chi connectivity index (χ0v) is 7.97. The summed E-state index contributed by atoms with van der Waals surface area (Å²) >= 11 is 0. The second kappa shape index (κ2) is 3.55. The Morgan fingerprint density at radius 3 is 2.09 bits per heavy atom. The average Bonchev–Trinajstić information content (AvgIpc) is 2.83. The molecule has 0 amide bonds. The van der Waals surface area contributed by atoms with E-state index in [1.807, 2.05) is 0 Å². The molecule has 11 heavy (non-hydrogen) atoms. The van der Waals surface area contributed by atoms with Crippen molar-refractivity contribution >= 4 is 0 Å². The maximum absolute atomic E-state index is 5.38. The van der Waals surface area contributed by atoms with E-state index in [0.29, 0.717) is 6.23 Å². The van der Waals surface area contributed by atoms with Crippen molar-refractivity contribution in [1.29, 1.82) is 0 Å². The molecular formula is C9H20NO+. The molecule has 0 N–H and O–H groups in total. The number of nitrogens with zero attached hydrogens (tertiary/aromatic N) is 1. The first-order valence-corrected chi connectivity index (χ1v) is 4.76. The Labute approximate surface area is 69.7 Å². The monoisotopic (exact) mass is 158 g/mol. The normalized spacial score (nSPS) is 23.7. The third kappa shape index (κ3) is 1.74. The maximum Gasteiger partial charge on any atom is 0.217 e. The number of epoxide rings is 1. The van der Waals surface area contributed by atoms with Crippen LogP contribution in [0.3, 0.4) is 0 Å². The van der Waals surface area contributed by atoms with Gasteiger partial charge in [-0.2, -0.15) is 0 Å². The number of hydrogen-bond donors (Lipinski definition) is 0. The number of hydrogen-bond acceptors (Lipinski definition) is 1. The van der Waals surface area contributed by atoms with Gasteiger partial charge in [0.2, 0.25) is 6.23 Å². The average molecular weight is 158 g/mol. The van der Waals surface area contributed by atoms with Crippen LogP contribution in [0.2, 0.25) is 0 Å².